The molecule has 0 aliphatic heterocycles. The van der Waals surface area contributed by atoms with E-state index < -0.39 is 34.3 Å². The maximum Gasteiger partial charge on any atom is 0.264 e. The predicted octanol–water partition coefficient (Wildman–Crippen LogP) is 6.98. The average Bonchev–Trinajstić information content (AvgIpc) is 3.03. The summed E-state index contributed by atoms with van der Waals surface area (Å²) in [6.45, 7) is 3.36. The van der Waals surface area contributed by atoms with E-state index in [0.29, 0.717) is 22.9 Å². The molecule has 0 bridgehead atoms. The molecule has 8 nitrogen and oxygen atoms in total. The van der Waals surface area contributed by atoms with E-state index in [-0.39, 0.29) is 40.5 Å². The van der Waals surface area contributed by atoms with Crippen molar-refractivity contribution >= 4 is 50.7 Å². The van der Waals surface area contributed by atoms with E-state index in [9.17, 15) is 22.4 Å². The lowest BCUT2D eigenvalue weighted by Crippen LogP contribution is -2.54. The number of ether oxygens (including phenoxy) is 1. The average molecular weight is 679 g/mol. The number of hydrogen-bond donors (Lipinski definition) is 1. The smallest absolute Gasteiger partial charge is 0.264 e. The number of halogens is 3. The summed E-state index contributed by atoms with van der Waals surface area (Å²) in [5.74, 6) is -0.996. The molecule has 4 rings (SSSR count). The Morgan fingerprint density at radius 3 is 2.22 bits per heavy atom. The first-order valence-electron chi connectivity index (χ1n) is 15.1. The van der Waals surface area contributed by atoms with Gasteiger partial charge >= 0.3 is 0 Å². The van der Waals surface area contributed by atoms with Gasteiger partial charge in [0.25, 0.3) is 10.0 Å². The fraction of sp³-hybridized carbons (Fsp3) is 0.394. The van der Waals surface area contributed by atoms with Crippen molar-refractivity contribution < 1.29 is 27.1 Å². The van der Waals surface area contributed by atoms with Crippen LogP contribution in [0, 0.1) is 5.82 Å². The fourth-order valence-corrected chi connectivity index (χ4v) is 7.17. The van der Waals surface area contributed by atoms with E-state index in [0.717, 1.165) is 48.5 Å². The summed E-state index contributed by atoms with van der Waals surface area (Å²) in [6, 6.07) is 14.7. The minimum Gasteiger partial charge on any atom is -0.494 e. The van der Waals surface area contributed by atoms with Crippen molar-refractivity contribution in [3.8, 4) is 5.75 Å². The van der Waals surface area contributed by atoms with Crippen molar-refractivity contribution in [3.05, 3.63) is 88.2 Å². The van der Waals surface area contributed by atoms with Crippen molar-refractivity contribution in [1.82, 2.24) is 10.2 Å². The van der Waals surface area contributed by atoms with Crippen LogP contribution in [0.5, 0.6) is 5.75 Å². The molecule has 45 heavy (non-hydrogen) atoms. The monoisotopic (exact) mass is 677 g/mol. The van der Waals surface area contributed by atoms with Crippen LogP contribution < -0.4 is 14.4 Å². The van der Waals surface area contributed by atoms with Crippen LogP contribution in [-0.4, -0.2) is 50.4 Å². The maximum atomic E-state index is 14.3. The number of benzene rings is 3. The summed E-state index contributed by atoms with van der Waals surface area (Å²) < 4.78 is 48.3. The van der Waals surface area contributed by atoms with Crippen LogP contribution in [0.25, 0.3) is 0 Å². The van der Waals surface area contributed by atoms with Gasteiger partial charge in [-0.1, -0.05) is 55.5 Å². The number of carbonyl (C=O) groups excluding carboxylic acids is 2. The van der Waals surface area contributed by atoms with E-state index in [1.807, 2.05) is 6.92 Å². The number of carbonyl (C=O) groups is 2. The summed E-state index contributed by atoms with van der Waals surface area (Å²) in [7, 11) is -4.32. The maximum absolute atomic E-state index is 14.3. The first-order valence-corrected chi connectivity index (χ1v) is 17.3. The van der Waals surface area contributed by atoms with Crippen LogP contribution in [0.2, 0.25) is 10.0 Å². The van der Waals surface area contributed by atoms with Gasteiger partial charge in [-0.3, -0.25) is 13.9 Å². The standard InChI is InChI=1S/C33H38Cl2FN3O5S/c1-3-31(33(41)37-25-8-6-5-7-9-25)38(21-23-10-19-29(34)30(35)20-23)32(40)22-39(26-13-11-24(36)12-14-26)45(42,43)28-17-15-27(16-18-28)44-4-2/h10-20,25,31H,3-9,21-22H2,1-2H3,(H,37,41). The van der Waals surface area contributed by atoms with Crippen LogP contribution in [0.15, 0.2) is 71.6 Å². The highest BCUT2D eigenvalue weighted by Crippen LogP contribution is 2.28. The van der Waals surface area contributed by atoms with E-state index >= 15 is 0 Å². The Labute approximate surface area is 274 Å². The third-order valence-corrected chi connectivity index (χ3v) is 10.3. The van der Waals surface area contributed by atoms with Gasteiger partial charge in [-0.2, -0.15) is 0 Å². The molecule has 0 aromatic heterocycles. The fourth-order valence-electron chi connectivity index (χ4n) is 5.44. The second-order valence-electron chi connectivity index (χ2n) is 10.9. The van der Waals surface area contributed by atoms with Gasteiger partial charge in [-0.15, -0.1) is 0 Å². The van der Waals surface area contributed by atoms with Gasteiger partial charge in [0.15, 0.2) is 0 Å². The number of amides is 2. The summed E-state index contributed by atoms with van der Waals surface area (Å²) in [4.78, 5) is 29.2. The number of nitrogens with zero attached hydrogens (tertiary/aromatic N) is 2. The van der Waals surface area contributed by atoms with Crippen molar-refractivity contribution in [2.75, 3.05) is 17.5 Å². The molecule has 1 aliphatic carbocycles. The molecule has 2 amide bonds. The molecule has 1 saturated carbocycles. The molecule has 3 aromatic carbocycles. The van der Waals surface area contributed by atoms with Crippen molar-refractivity contribution in [3.63, 3.8) is 0 Å². The summed E-state index contributed by atoms with van der Waals surface area (Å²) >= 11 is 12.4. The third-order valence-electron chi connectivity index (χ3n) is 7.79. The zero-order valence-electron chi connectivity index (χ0n) is 25.3. The summed E-state index contributed by atoms with van der Waals surface area (Å²) in [6.07, 6.45) is 5.16. The van der Waals surface area contributed by atoms with Crippen LogP contribution >= 0.6 is 23.2 Å². The topological polar surface area (TPSA) is 96.0 Å². The molecule has 1 fully saturated rings. The SMILES string of the molecule is CCOc1ccc(S(=O)(=O)N(CC(=O)N(Cc2ccc(Cl)c(Cl)c2)C(CC)C(=O)NC2CCCCC2)c2ccc(F)cc2)cc1. The second kappa shape index (κ2) is 15.8. The third kappa shape index (κ3) is 8.89. The lowest BCUT2D eigenvalue weighted by molar-refractivity contribution is -0.140. The minimum absolute atomic E-state index is 0.0120. The molecule has 1 N–H and O–H groups in total. The highest BCUT2D eigenvalue weighted by Gasteiger charge is 2.34. The molecular weight excluding hydrogens is 640 g/mol. The Kier molecular flexibility index (Phi) is 12.1. The zero-order valence-corrected chi connectivity index (χ0v) is 27.7. The molecule has 0 heterocycles. The lowest BCUT2D eigenvalue weighted by Gasteiger charge is -2.34. The molecule has 0 saturated heterocycles. The Bertz CT molecular complexity index is 1570. The quantitative estimate of drug-likeness (QED) is 0.211. The van der Waals surface area contributed by atoms with Crippen molar-refractivity contribution in [2.24, 2.45) is 0 Å². The molecule has 1 atom stereocenters. The summed E-state index contributed by atoms with van der Waals surface area (Å²) in [5.41, 5.74) is 0.706. The molecule has 0 radical (unpaired) electrons. The Morgan fingerprint density at radius 1 is 0.956 bits per heavy atom. The number of nitrogens with one attached hydrogen (secondary N) is 1. The number of sulfonamides is 1. The molecule has 1 aliphatic rings. The van der Waals surface area contributed by atoms with Crippen LogP contribution in [0.4, 0.5) is 10.1 Å². The van der Waals surface area contributed by atoms with E-state index in [1.165, 1.54) is 41.3 Å². The first kappa shape index (κ1) is 34.5. The van der Waals surface area contributed by atoms with E-state index in [2.05, 4.69) is 5.32 Å². The van der Waals surface area contributed by atoms with Gasteiger partial charge in [0.2, 0.25) is 11.8 Å². The Hall–Kier alpha value is -3.34. The van der Waals surface area contributed by atoms with E-state index in [1.54, 1.807) is 25.1 Å². The summed E-state index contributed by atoms with van der Waals surface area (Å²) in [5, 5.41) is 3.73. The van der Waals surface area contributed by atoms with Gasteiger partial charge in [0, 0.05) is 12.6 Å². The van der Waals surface area contributed by atoms with Crippen LogP contribution in [0.1, 0.15) is 57.9 Å². The molecular formula is C33H38Cl2FN3O5S. The largest absolute Gasteiger partial charge is 0.494 e. The second-order valence-corrected chi connectivity index (χ2v) is 13.6. The van der Waals surface area contributed by atoms with Gasteiger partial charge in [-0.05, 0) is 92.4 Å². The van der Waals surface area contributed by atoms with E-state index in [4.69, 9.17) is 27.9 Å². The van der Waals surface area contributed by atoms with Crippen LogP contribution in [-0.2, 0) is 26.2 Å². The first-order chi connectivity index (χ1) is 21.5. The molecule has 0 spiro atoms. The van der Waals surface area contributed by atoms with Gasteiger partial charge in [0.1, 0.15) is 24.2 Å². The van der Waals surface area contributed by atoms with Crippen molar-refractivity contribution in [2.45, 2.75) is 75.9 Å². The normalized spacial score (nSPS) is 14.4. The highest BCUT2D eigenvalue weighted by atomic mass is 35.5. The highest BCUT2D eigenvalue weighted by molar-refractivity contribution is 7.92. The molecule has 242 valence electrons. The molecule has 12 heteroatoms. The zero-order chi connectivity index (χ0) is 32.6. The number of rotatable bonds is 13. The Balaban J connectivity index is 1.71. The van der Waals surface area contributed by atoms with Gasteiger partial charge < -0.3 is 15.0 Å². The Morgan fingerprint density at radius 2 is 1.62 bits per heavy atom. The predicted molar refractivity (Wildman–Crippen MR) is 175 cm³/mol. The lowest BCUT2D eigenvalue weighted by atomic mass is 9.95. The molecule has 1 unspecified atom stereocenters. The molecule has 3 aromatic rings. The van der Waals surface area contributed by atoms with Crippen LogP contribution in [0.3, 0.4) is 0 Å². The number of anilines is 1. The minimum atomic E-state index is -4.32. The van der Waals surface area contributed by atoms with Gasteiger partial charge in [0.05, 0.1) is 27.2 Å². The van der Waals surface area contributed by atoms with Gasteiger partial charge in [-0.25, -0.2) is 12.8 Å². The van der Waals surface area contributed by atoms with Crippen molar-refractivity contribution in [1.29, 1.82) is 0 Å². The number of hydrogen-bond acceptors (Lipinski definition) is 5.